The first-order valence-electron chi connectivity index (χ1n) is 9.07. The van der Waals surface area contributed by atoms with Gasteiger partial charge in [-0.3, -0.25) is 4.79 Å². The lowest BCUT2D eigenvalue weighted by atomic mass is 9.82. The molecular formula is C17H18F6N6O2. The Morgan fingerprint density at radius 3 is 2.13 bits per heavy atom. The van der Waals surface area contributed by atoms with Gasteiger partial charge < -0.3 is 21.5 Å². The molecule has 0 aliphatic carbocycles. The molecule has 0 aromatic carbocycles. The first-order chi connectivity index (χ1) is 14.3. The molecule has 3 rings (SSSR count). The van der Waals surface area contributed by atoms with E-state index >= 15 is 0 Å². The number of piperidine rings is 1. The SMILES string of the molecule is NC1=NC(=O)[C@H](O)[C@H](C(F)(F)F)C1=C(N)C1CCN(c2cnc(C(F)(F)F)nc2)CC1. The molecule has 0 bridgehead atoms. The van der Waals surface area contributed by atoms with E-state index < -0.39 is 53.4 Å². The van der Waals surface area contributed by atoms with Gasteiger partial charge in [-0.15, -0.1) is 0 Å². The lowest BCUT2D eigenvalue weighted by Crippen LogP contribution is -2.49. The summed E-state index contributed by atoms with van der Waals surface area (Å²) in [5.74, 6) is -6.51. The molecule has 1 aromatic heterocycles. The highest BCUT2D eigenvalue weighted by atomic mass is 19.4. The van der Waals surface area contributed by atoms with Crippen LogP contribution in [0, 0.1) is 11.8 Å². The van der Waals surface area contributed by atoms with Gasteiger partial charge in [-0.2, -0.15) is 31.3 Å². The molecule has 170 valence electrons. The van der Waals surface area contributed by atoms with Crippen LogP contribution in [0.4, 0.5) is 32.0 Å². The number of hydrogen-bond donors (Lipinski definition) is 3. The fraction of sp³-hybridized carbons (Fsp3) is 0.529. The number of hydrogen-bond acceptors (Lipinski definition) is 7. The third-order valence-electron chi connectivity index (χ3n) is 5.24. The molecule has 0 radical (unpaired) electrons. The third-order valence-corrected chi connectivity index (χ3v) is 5.24. The molecule has 5 N–H and O–H groups in total. The van der Waals surface area contributed by atoms with E-state index in [1.165, 1.54) is 0 Å². The fourth-order valence-corrected chi connectivity index (χ4v) is 3.67. The van der Waals surface area contributed by atoms with Crippen molar-refractivity contribution in [1.29, 1.82) is 0 Å². The second kappa shape index (κ2) is 7.98. The second-order valence-corrected chi connectivity index (χ2v) is 7.19. The van der Waals surface area contributed by atoms with Gasteiger partial charge in [-0.05, 0) is 12.8 Å². The number of aliphatic hydroxyl groups is 1. The minimum absolute atomic E-state index is 0.224. The van der Waals surface area contributed by atoms with E-state index in [0.717, 1.165) is 12.4 Å². The van der Waals surface area contributed by atoms with E-state index in [1.807, 2.05) is 0 Å². The molecule has 0 spiro atoms. The molecule has 2 aliphatic rings. The molecule has 14 heteroatoms. The van der Waals surface area contributed by atoms with Crippen LogP contribution in [0.3, 0.4) is 0 Å². The van der Waals surface area contributed by atoms with Crippen LogP contribution < -0.4 is 16.4 Å². The van der Waals surface area contributed by atoms with Crippen molar-refractivity contribution in [2.75, 3.05) is 18.0 Å². The van der Waals surface area contributed by atoms with Crippen LogP contribution >= 0.6 is 0 Å². The van der Waals surface area contributed by atoms with Gasteiger partial charge in [0.25, 0.3) is 5.91 Å². The zero-order chi connectivity index (χ0) is 23.1. The van der Waals surface area contributed by atoms with Crippen molar-refractivity contribution in [3.05, 3.63) is 29.5 Å². The summed E-state index contributed by atoms with van der Waals surface area (Å²) in [6.45, 7) is 0.505. The van der Waals surface area contributed by atoms with Crippen LogP contribution in [0.5, 0.6) is 0 Å². The van der Waals surface area contributed by atoms with E-state index in [9.17, 15) is 36.2 Å². The topological polar surface area (TPSA) is 131 Å². The molecule has 1 saturated heterocycles. The summed E-state index contributed by atoms with van der Waals surface area (Å²) >= 11 is 0. The summed E-state index contributed by atoms with van der Waals surface area (Å²) in [6.07, 6.45) is -9.55. The van der Waals surface area contributed by atoms with Gasteiger partial charge in [-0.1, -0.05) is 0 Å². The number of amidine groups is 1. The standard InChI is InChI=1S/C17H18F6N6O2/c18-16(19,20)10-9(13(25)28-14(31)12(10)30)11(24)7-1-3-29(4-2-7)8-5-26-15(27-6-8)17(21,22)23/h5-7,10,12,30H,1-4,24H2,(H2,25,28,31)/t10-,12-/m1/s1. The monoisotopic (exact) mass is 452 g/mol. The smallest absolute Gasteiger partial charge is 0.401 e. The van der Waals surface area contributed by atoms with Crippen LogP contribution in [-0.2, 0) is 11.0 Å². The van der Waals surface area contributed by atoms with Gasteiger partial charge in [0, 0.05) is 30.3 Å². The maximum absolute atomic E-state index is 13.5. The number of carbonyl (C=O) groups is 1. The van der Waals surface area contributed by atoms with Crippen molar-refractivity contribution in [3.8, 4) is 0 Å². The predicted molar refractivity (Wildman–Crippen MR) is 95.4 cm³/mol. The van der Waals surface area contributed by atoms with E-state index in [0.29, 0.717) is 5.69 Å². The Bertz CT molecular complexity index is 903. The van der Waals surface area contributed by atoms with Gasteiger partial charge in [0.05, 0.1) is 18.1 Å². The van der Waals surface area contributed by atoms with E-state index in [1.54, 1.807) is 4.90 Å². The van der Waals surface area contributed by atoms with Crippen LogP contribution in [0.15, 0.2) is 28.7 Å². The van der Waals surface area contributed by atoms with Crippen molar-refractivity contribution in [1.82, 2.24) is 9.97 Å². The number of amides is 1. The second-order valence-electron chi connectivity index (χ2n) is 7.19. The van der Waals surface area contributed by atoms with E-state index in [4.69, 9.17) is 11.5 Å². The Morgan fingerprint density at radius 2 is 1.65 bits per heavy atom. The Kier molecular flexibility index (Phi) is 5.86. The number of carbonyl (C=O) groups excluding carboxylic acids is 1. The quantitative estimate of drug-likeness (QED) is 0.578. The molecule has 31 heavy (non-hydrogen) atoms. The number of alkyl halides is 6. The number of halogens is 6. The summed E-state index contributed by atoms with van der Waals surface area (Å²) in [4.78, 5) is 23.0. The van der Waals surface area contributed by atoms with Crippen molar-refractivity contribution >= 4 is 17.4 Å². The number of anilines is 1. The van der Waals surface area contributed by atoms with Crippen LogP contribution in [0.1, 0.15) is 18.7 Å². The van der Waals surface area contributed by atoms with Crippen LogP contribution in [-0.4, -0.2) is 52.2 Å². The lowest BCUT2D eigenvalue weighted by molar-refractivity contribution is -0.190. The molecule has 1 aromatic rings. The largest absolute Gasteiger partial charge is 0.451 e. The summed E-state index contributed by atoms with van der Waals surface area (Å²) in [5.41, 5.74) is 11.0. The van der Waals surface area contributed by atoms with E-state index in [2.05, 4.69) is 15.0 Å². The first-order valence-corrected chi connectivity index (χ1v) is 9.07. The van der Waals surface area contributed by atoms with Gasteiger partial charge in [0.2, 0.25) is 5.82 Å². The molecule has 0 saturated carbocycles. The predicted octanol–water partition coefficient (Wildman–Crippen LogP) is 1.36. The molecule has 1 amide bonds. The normalized spacial score (nSPS) is 25.5. The minimum atomic E-state index is -4.98. The highest BCUT2D eigenvalue weighted by Crippen LogP contribution is 2.40. The van der Waals surface area contributed by atoms with Crippen molar-refractivity contribution < 1.29 is 36.2 Å². The van der Waals surface area contributed by atoms with Crippen molar-refractivity contribution in [2.24, 2.45) is 28.3 Å². The highest BCUT2D eigenvalue weighted by molar-refractivity contribution is 6.09. The zero-order valence-corrected chi connectivity index (χ0v) is 15.8. The lowest BCUT2D eigenvalue weighted by Gasteiger charge is -2.36. The number of nitrogens with zero attached hydrogens (tertiary/aromatic N) is 4. The highest BCUT2D eigenvalue weighted by Gasteiger charge is 2.53. The maximum atomic E-state index is 13.5. The molecule has 3 heterocycles. The van der Waals surface area contributed by atoms with Gasteiger partial charge >= 0.3 is 12.4 Å². The summed E-state index contributed by atoms with van der Waals surface area (Å²) < 4.78 is 78.2. The number of aliphatic hydroxyl groups excluding tert-OH is 1. The van der Waals surface area contributed by atoms with Gasteiger partial charge in [-0.25, -0.2) is 9.97 Å². The Labute approximate surface area is 171 Å². The average molecular weight is 452 g/mol. The molecule has 2 atom stereocenters. The van der Waals surface area contributed by atoms with E-state index in [-0.39, 0.29) is 31.6 Å². The number of nitrogens with two attached hydrogens (primary N) is 2. The number of allylic oxidation sites excluding steroid dienone is 1. The average Bonchev–Trinajstić information content (AvgIpc) is 2.68. The van der Waals surface area contributed by atoms with Gasteiger partial charge in [0.1, 0.15) is 11.8 Å². The number of aliphatic imine (C=N–C) groups is 1. The Morgan fingerprint density at radius 1 is 1.10 bits per heavy atom. The van der Waals surface area contributed by atoms with Crippen LogP contribution in [0.25, 0.3) is 0 Å². The molecule has 8 nitrogen and oxygen atoms in total. The molecule has 2 aliphatic heterocycles. The maximum Gasteiger partial charge on any atom is 0.451 e. The Balaban J connectivity index is 1.80. The minimum Gasteiger partial charge on any atom is -0.401 e. The summed E-state index contributed by atoms with van der Waals surface area (Å²) in [6, 6.07) is 0. The number of aromatic nitrogens is 2. The van der Waals surface area contributed by atoms with Crippen LogP contribution in [0.2, 0.25) is 0 Å². The number of rotatable bonds is 2. The van der Waals surface area contributed by atoms with Crippen molar-refractivity contribution in [3.63, 3.8) is 0 Å². The van der Waals surface area contributed by atoms with Crippen molar-refractivity contribution in [2.45, 2.75) is 31.3 Å². The molecular weight excluding hydrogens is 434 g/mol. The first kappa shape index (κ1) is 22.8. The summed E-state index contributed by atoms with van der Waals surface area (Å²) in [5, 5.41) is 9.75. The fourth-order valence-electron chi connectivity index (χ4n) is 3.67. The molecule has 1 fully saturated rings. The summed E-state index contributed by atoms with van der Waals surface area (Å²) in [7, 11) is 0. The Hall–Kier alpha value is -2.90. The molecule has 0 unspecified atom stereocenters. The van der Waals surface area contributed by atoms with Gasteiger partial charge in [0.15, 0.2) is 6.10 Å². The zero-order valence-electron chi connectivity index (χ0n) is 15.8. The third kappa shape index (κ3) is 4.57.